The van der Waals surface area contributed by atoms with Crippen LogP contribution in [0.2, 0.25) is 5.02 Å². The maximum absolute atomic E-state index is 12.6. The summed E-state index contributed by atoms with van der Waals surface area (Å²) in [7, 11) is 0. The zero-order valence-corrected chi connectivity index (χ0v) is 17.2. The molecule has 3 aromatic rings. The first-order valence-corrected chi connectivity index (χ1v) is 10.1. The molecule has 0 unspecified atom stereocenters. The molecule has 1 aliphatic heterocycles. The molecule has 2 heterocycles. The Morgan fingerprint density at radius 2 is 2.00 bits per heavy atom. The van der Waals surface area contributed by atoms with Crippen LogP contribution in [0, 0.1) is 0 Å². The molecule has 1 amide bonds. The number of amides is 1. The van der Waals surface area contributed by atoms with E-state index in [1.54, 1.807) is 12.1 Å². The van der Waals surface area contributed by atoms with Crippen LogP contribution in [0.3, 0.4) is 0 Å². The monoisotopic (exact) mass is 410 g/mol. The van der Waals surface area contributed by atoms with Crippen molar-refractivity contribution >= 4 is 23.2 Å². The maximum atomic E-state index is 12.6. The van der Waals surface area contributed by atoms with Gasteiger partial charge in [-0.1, -0.05) is 17.7 Å². The highest BCUT2D eigenvalue weighted by molar-refractivity contribution is 6.30. The van der Waals surface area contributed by atoms with Gasteiger partial charge in [-0.05, 0) is 68.7 Å². The first-order valence-electron chi connectivity index (χ1n) is 9.77. The fourth-order valence-corrected chi connectivity index (χ4v) is 3.73. The molecule has 1 N–H and O–H groups in total. The molecule has 0 spiro atoms. The van der Waals surface area contributed by atoms with Gasteiger partial charge in [0.25, 0.3) is 5.91 Å². The maximum Gasteiger partial charge on any atom is 0.251 e. The number of hydrogen-bond acceptors (Lipinski definition) is 5. The third-order valence-corrected chi connectivity index (χ3v) is 5.15. The van der Waals surface area contributed by atoms with E-state index in [4.69, 9.17) is 16.0 Å². The van der Waals surface area contributed by atoms with Crippen molar-refractivity contribution in [2.24, 2.45) is 0 Å². The van der Waals surface area contributed by atoms with Gasteiger partial charge in [-0.2, -0.15) is 0 Å². The molecule has 2 aromatic carbocycles. The second-order valence-corrected chi connectivity index (χ2v) is 7.90. The molecular formula is C22H23ClN4O2. The highest BCUT2D eigenvalue weighted by Crippen LogP contribution is 2.31. The lowest BCUT2D eigenvalue weighted by atomic mass is 9.95. The third-order valence-electron chi connectivity index (χ3n) is 4.90. The Morgan fingerprint density at radius 3 is 2.76 bits per heavy atom. The molecule has 7 heteroatoms. The number of benzene rings is 2. The van der Waals surface area contributed by atoms with Crippen LogP contribution >= 0.6 is 11.6 Å². The third kappa shape index (κ3) is 4.27. The van der Waals surface area contributed by atoms with Gasteiger partial charge in [0, 0.05) is 34.4 Å². The van der Waals surface area contributed by atoms with E-state index in [2.05, 4.69) is 26.5 Å². The van der Waals surface area contributed by atoms with E-state index >= 15 is 0 Å². The Balaban J connectivity index is 1.56. The summed E-state index contributed by atoms with van der Waals surface area (Å²) < 4.78 is 5.87. The van der Waals surface area contributed by atoms with E-state index in [-0.39, 0.29) is 11.9 Å². The molecule has 1 aliphatic rings. The van der Waals surface area contributed by atoms with E-state index in [0.717, 1.165) is 41.8 Å². The van der Waals surface area contributed by atoms with Crippen molar-refractivity contribution in [3.63, 3.8) is 0 Å². The number of fused-ring (bicyclic) bond motifs is 1. The number of aromatic nitrogens is 2. The van der Waals surface area contributed by atoms with Gasteiger partial charge in [0.1, 0.15) is 0 Å². The Morgan fingerprint density at radius 1 is 1.21 bits per heavy atom. The lowest BCUT2D eigenvalue weighted by molar-refractivity contribution is 0.0942. The molecule has 0 saturated heterocycles. The van der Waals surface area contributed by atoms with Crippen molar-refractivity contribution in [3.8, 4) is 11.5 Å². The standard InChI is InChI=1S/C22H23ClN4O2/c1-14(2)24-21(28)18-5-3-7-19-17(18)6-4-12-27(19)13-20-25-26-22(29-20)15-8-10-16(23)11-9-15/h3,5,7-11,14H,4,6,12-13H2,1-2H3,(H,24,28). The summed E-state index contributed by atoms with van der Waals surface area (Å²) in [6, 6.07) is 13.3. The fraction of sp³-hybridized carbons (Fsp3) is 0.318. The zero-order valence-electron chi connectivity index (χ0n) is 16.5. The van der Waals surface area contributed by atoms with Crippen LogP contribution in [-0.4, -0.2) is 28.7 Å². The highest BCUT2D eigenvalue weighted by Gasteiger charge is 2.24. The quantitative estimate of drug-likeness (QED) is 0.671. The molecule has 4 rings (SSSR count). The van der Waals surface area contributed by atoms with Gasteiger partial charge >= 0.3 is 0 Å². The number of carbonyl (C=O) groups excluding carboxylic acids is 1. The van der Waals surface area contributed by atoms with E-state index in [9.17, 15) is 4.79 Å². The number of nitrogens with zero attached hydrogens (tertiary/aromatic N) is 3. The molecule has 0 aliphatic carbocycles. The molecule has 0 saturated carbocycles. The molecule has 0 fully saturated rings. The van der Waals surface area contributed by atoms with Crippen LogP contribution < -0.4 is 10.2 Å². The predicted molar refractivity (Wildman–Crippen MR) is 113 cm³/mol. The summed E-state index contributed by atoms with van der Waals surface area (Å²) in [6.07, 6.45) is 1.85. The second-order valence-electron chi connectivity index (χ2n) is 7.46. The summed E-state index contributed by atoms with van der Waals surface area (Å²) in [5.41, 5.74) is 3.71. The van der Waals surface area contributed by atoms with E-state index in [1.165, 1.54) is 0 Å². The summed E-state index contributed by atoms with van der Waals surface area (Å²) in [5, 5.41) is 12.0. The minimum atomic E-state index is -0.0264. The summed E-state index contributed by atoms with van der Waals surface area (Å²) in [6.45, 7) is 5.31. The van der Waals surface area contributed by atoms with Crippen molar-refractivity contribution in [2.45, 2.75) is 39.3 Å². The Bertz CT molecular complexity index is 1010. The molecule has 150 valence electrons. The van der Waals surface area contributed by atoms with Crippen molar-refractivity contribution in [1.29, 1.82) is 0 Å². The van der Waals surface area contributed by atoms with Crippen LogP contribution in [0.1, 0.15) is 42.1 Å². The van der Waals surface area contributed by atoms with Crippen LogP contribution in [0.25, 0.3) is 11.5 Å². The van der Waals surface area contributed by atoms with Gasteiger partial charge in [0.2, 0.25) is 11.8 Å². The summed E-state index contributed by atoms with van der Waals surface area (Å²) in [4.78, 5) is 14.8. The van der Waals surface area contributed by atoms with Crippen molar-refractivity contribution in [3.05, 3.63) is 64.5 Å². The predicted octanol–water partition coefficient (Wildman–Crippen LogP) is 4.48. The number of nitrogens with one attached hydrogen (secondary N) is 1. The largest absolute Gasteiger partial charge is 0.419 e. The first-order chi connectivity index (χ1) is 14.0. The van der Waals surface area contributed by atoms with Crippen molar-refractivity contribution in [2.75, 3.05) is 11.4 Å². The van der Waals surface area contributed by atoms with E-state index in [0.29, 0.717) is 23.3 Å². The van der Waals surface area contributed by atoms with Crippen LogP contribution in [-0.2, 0) is 13.0 Å². The average molecular weight is 411 g/mol. The highest BCUT2D eigenvalue weighted by atomic mass is 35.5. The number of hydrogen-bond donors (Lipinski definition) is 1. The van der Waals surface area contributed by atoms with Gasteiger partial charge in [0.05, 0.1) is 6.54 Å². The Labute approximate surface area is 174 Å². The first kappa shape index (κ1) is 19.5. The Kier molecular flexibility index (Phi) is 5.53. The zero-order chi connectivity index (χ0) is 20.4. The summed E-state index contributed by atoms with van der Waals surface area (Å²) in [5.74, 6) is 0.986. The summed E-state index contributed by atoms with van der Waals surface area (Å²) >= 11 is 5.94. The van der Waals surface area contributed by atoms with Crippen molar-refractivity contribution in [1.82, 2.24) is 15.5 Å². The molecule has 0 radical (unpaired) electrons. The lowest BCUT2D eigenvalue weighted by Gasteiger charge is -2.31. The van der Waals surface area contributed by atoms with E-state index in [1.807, 2.05) is 38.1 Å². The molecule has 0 atom stereocenters. The van der Waals surface area contributed by atoms with Crippen LogP contribution in [0.15, 0.2) is 46.9 Å². The number of rotatable bonds is 5. The van der Waals surface area contributed by atoms with Crippen LogP contribution in [0.5, 0.6) is 0 Å². The van der Waals surface area contributed by atoms with Crippen molar-refractivity contribution < 1.29 is 9.21 Å². The molecule has 29 heavy (non-hydrogen) atoms. The van der Waals surface area contributed by atoms with Crippen LogP contribution in [0.4, 0.5) is 5.69 Å². The topological polar surface area (TPSA) is 71.3 Å². The smallest absolute Gasteiger partial charge is 0.251 e. The van der Waals surface area contributed by atoms with Gasteiger partial charge in [-0.3, -0.25) is 4.79 Å². The van der Waals surface area contributed by atoms with Gasteiger partial charge in [-0.25, -0.2) is 0 Å². The minimum absolute atomic E-state index is 0.0264. The van der Waals surface area contributed by atoms with Gasteiger partial charge in [0.15, 0.2) is 0 Å². The molecule has 6 nitrogen and oxygen atoms in total. The van der Waals surface area contributed by atoms with Gasteiger partial charge in [-0.15, -0.1) is 10.2 Å². The normalized spacial score (nSPS) is 13.4. The molecule has 0 bridgehead atoms. The fourth-order valence-electron chi connectivity index (χ4n) is 3.61. The number of halogens is 1. The second kappa shape index (κ2) is 8.25. The lowest BCUT2D eigenvalue weighted by Crippen LogP contribution is -2.34. The minimum Gasteiger partial charge on any atom is -0.419 e. The number of anilines is 1. The SMILES string of the molecule is CC(C)NC(=O)c1cccc2c1CCCN2Cc1nnc(-c2ccc(Cl)cc2)o1. The average Bonchev–Trinajstić information content (AvgIpc) is 3.16. The molecule has 1 aromatic heterocycles. The molecular weight excluding hydrogens is 388 g/mol. The van der Waals surface area contributed by atoms with E-state index < -0.39 is 0 Å². The Hall–Kier alpha value is -2.86. The number of carbonyl (C=O) groups is 1. The van der Waals surface area contributed by atoms with Gasteiger partial charge < -0.3 is 14.6 Å².